The van der Waals surface area contributed by atoms with Crippen molar-refractivity contribution in [2.75, 3.05) is 27.2 Å². The van der Waals surface area contributed by atoms with Gasteiger partial charge in [-0.05, 0) is 26.5 Å². The first-order valence-corrected chi connectivity index (χ1v) is 5.31. The van der Waals surface area contributed by atoms with Crippen molar-refractivity contribution in [3.8, 4) is 0 Å². The van der Waals surface area contributed by atoms with Crippen molar-refractivity contribution in [2.45, 2.75) is 20.3 Å². The van der Waals surface area contributed by atoms with Gasteiger partial charge in [-0.2, -0.15) is 9.97 Å². The Kier molecular flexibility index (Phi) is 3.77. The minimum absolute atomic E-state index is 0.694. The molecule has 0 aromatic carbocycles. The molecule has 0 amide bonds. The number of rotatable bonds is 4. The maximum absolute atomic E-state index is 5.52. The van der Waals surface area contributed by atoms with E-state index in [0.29, 0.717) is 11.0 Å². The molecule has 0 atom stereocenters. The molecule has 0 aliphatic rings. The highest BCUT2D eigenvalue weighted by molar-refractivity contribution is 5.26. The van der Waals surface area contributed by atoms with E-state index in [4.69, 9.17) is 5.73 Å². The summed E-state index contributed by atoms with van der Waals surface area (Å²) >= 11 is 0. The van der Waals surface area contributed by atoms with Gasteiger partial charge in [-0.25, -0.2) is 0 Å². The van der Waals surface area contributed by atoms with Crippen molar-refractivity contribution >= 4 is 5.95 Å². The van der Waals surface area contributed by atoms with Crippen LogP contribution < -0.4 is 10.2 Å². The molecule has 0 fully saturated rings. The maximum Gasteiger partial charge on any atom is 0.328 e. The van der Waals surface area contributed by atoms with Gasteiger partial charge in [-0.15, -0.1) is 0 Å². The maximum atomic E-state index is 5.52. The van der Waals surface area contributed by atoms with E-state index in [9.17, 15) is 0 Å². The molecule has 0 saturated carbocycles. The predicted octanol–water partition coefficient (Wildman–Crippen LogP) is 1.01. The molecule has 4 heteroatoms. The summed E-state index contributed by atoms with van der Waals surface area (Å²) in [5.74, 6) is 0.876. The van der Waals surface area contributed by atoms with E-state index in [1.54, 1.807) is 0 Å². The van der Waals surface area contributed by atoms with Crippen LogP contribution in [0.5, 0.6) is 0 Å². The van der Waals surface area contributed by atoms with Gasteiger partial charge in [0.15, 0.2) is 0 Å². The Morgan fingerprint density at radius 3 is 2.20 bits per heavy atom. The highest BCUT2D eigenvalue weighted by atomic mass is 15.4. The first-order valence-electron chi connectivity index (χ1n) is 5.31. The third kappa shape index (κ3) is 3.25. The van der Waals surface area contributed by atoms with E-state index in [0.717, 1.165) is 30.3 Å². The van der Waals surface area contributed by atoms with Gasteiger partial charge in [-0.3, -0.25) is 4.48 Å². The van der Waals surface area contributed by atoms with Crippen molar-refractivity contribution in [2.24, 2.45) is 5.73 Å². The van der Waals surface area contributed by atoms with E-state index in [1.165, 1.54) is 0 Å². The van der Waals surface area contributed by atoms with Crippen molar-refractivity contribution in [3.05, 3.63) is 17.5 Å². The number of aromatic nitrogens is 2. The van der Waals surface area contributed by atoms with Crippen molar-refractivity contribution in [1.82, 2.24) is 14.5 Å². The van der Waals surface area contributed by atoms with Crippen LogP contribution >= 0.6 is 0 Å². The molecule has 0 radical (unpaired) electrons. The predicted molar refractivity (Wildman–Crippen MR) is 63.7 cm³/mol. The summed E-state index contributed by atoms with van der Waals surface area (Å²) < 4.78 is 0.694. The lowest BCUT2D eigenvalue weighted by molar-refractivity contribution is 0.372. The number of nitrogens with two attached hydrogens (primary N) is 1. The molecule has 0 unspecified atom stereocenters. The summed E-state index contributed by atoms with van der Waals surface area (Å²) in [5, 5.41) is 0. The Hall–Kier alpha value is -1.00. The number of quaternary nitrogens is 1. The summed E-state index contributed by atoms with van der Waals surface area (Å²) in [6.07, 6.45) is 0.989. The molecule has 84 valence electrons. The minimum Gasteiger partial charge on any atom is -0.330 e. The van der Waals surface area contributed by atoms with Gasteiger partial charge in [0.2, 0.25) is 0 Å². The molecular weight excluding hydrogens is 188 g/mol. The molecule has 0 saturated heterocycles. The van der Waals surface area contributed by atoms with Crippen LogP contribution in [0.4, 0.5) is 5.95 Å². The normalized spacial score (nSPS) is 11.8. The Bertz CT molecular complexity index is 313. The summed E-state index contributed by atoms with van der Waals surface area (Å²) in [7, 11) is 4.23. The molecule has 0 aliphatic carbocycles. The molecule has 1 rings (SSSR count). The van der Waals surface area contributed by atoms with Crippen LogP contribution in [0.2, 0.25) is 0 Å². The third-order valence-corrected chi connectivity index (χ3v) is 2.43. The Morgan fingerprint density at radius 2 is 1.73 bits per heavy atom. The quantitative estimate of drug-likeness (QED) is 0.753. The van der Waals surface area contributed by atoms with Gasteiger partial charge >= 0.3 is 5.95 Å². The smallest absolute Gasteiger partial charge is 0.328 e. The van der Waals surface area contributed by atoms with Gasteiger partial charge < -0.3 is 5.73 Å². The molecule has 1 heterocycles. The van der Waals surface area contributed by atoms with E-state index < -0.39 is 0 Å². The molecule has 2 N–H and O–H groups in total. The Labute approximate surface area is 91.7 Å². The lowest BCUT2D eigenvalue weighted by atomic mass is 10.3. The van der Waals surface area contributed by atoms with E-state index in [-0.39, 0.29) is 0 Å². The van der Waals surface area contributed by atoms with Gasteiger partial charge in [-0.1, -0.05) is 0 Å². The average Bonchev–Trinajstić information content (AvgIpc) is 2.13. The average molecular weight is 209 g/mol. The first-order chi connectivity index (χ1) is 6.95. The van der Waals surface area contributed by atoms with Crippen molar-refractivity contribution in [3.63, 3.8) is 0 Å². The SMILES string of the molecule is Cc1cc(C)nc([N+](C)(C)CCCN)n1. The second-order valence-corrected chi connectivity index (χ2v) is 4.50. The zero-order chi connectivity index (χ0) is 11.5. The first kappa shape index (κ1) is 12.1. The molecule has 4 nitrogen and oxygen atoms in total. The second-order valence-electron chi connectivity index (χ2n) is 4.50. The molecule has 0 bridgehead atoms. The number of aryl methyl sites for hydroxylation is 2. The number of hydrogen-bond acceptors (Lipinski definition) is 3. The lowest BCUT2D eigenvalue weighted by Gasteiger charge is -2.26. The molecule has 15 heavy (non-hydrogen) atoms. The largest absolute Gasteiger partial charge is 0.330 e. The van der Waals surface area contributed by atoms with Gasteiger partial charge in [0.25, 0.3) is 0 Å². The number of nitrogens with zero attached hydrogens (tertiary/aromatic N) is 3. The van der Waals surface area contributed by atoms with Crippen LogP contribution in [0.25, 0.3) is 0 Å². The molecule has 0 aliphatic heterocycles. The van der Waals surface area contributed by atoms with Crippen LogP contribution in [-0.4, -0.2) is 37.2 Å². The van der Waals surface area contributed by atoms with Crippen LogP contribution in [0.3, 0.4) is 0 Å². The van der Waals surface area contributed by atoms with Crippen molar-refractivity contribution < 1.29 is 0 Å². The standard InChI is InChI=1S/C11H21N4/c1-9-8-10(2)14-11(13-9)15(3,4)7-5-6-12/h8H,5-7,12H2,1-4H3/q+1. The minimum atomic E-state index is 0.694. The van der Waals surface area contributed by atoms with Gasteiger partial charge in [0, 0.05) is 17.8 Å². The third-order valence-electron chi connectivity index (χ3n) is 2.43. The Morgan fingerprint density at radius 1 is 1.20 bits per heavy atom. The van der Waals surface area contributed by atoms with E-state index in [1.807, 2.05) is 19.9 Å². The van der Waals surface area contributed by atoms with E-state index in [2.05, 4.69) is 24.1 Å². The summed E-state index contributed by atoms with van der Waals surface area (Å²) in [5.41, 5.74) is 7.57. The van der Waals surface area contributed by atoms with Gasteiger partial charge in [0.1, 0.15) is 0 Å². The van der Waals surface area contributed by atoms with Crippen LogP contribution in [0.15, 0.2) is 6.07 Å². The molecule has 1 aromatic heterocycles. The molecular formula is C11H21N4+. The fourth-order valence-corrected chi connectivity index (χ4v) is 1.56. The molecule has 1 aromatic rings. The zero-order valence-corrected chi connectivity index (χ0v) is 10.1. The molecule has 0 spiro atoms. The summed E-state index contributed by atoms with van der Waals surface area (Å²) in [6.45, 7) is 5.69. The monoisotopic (exact) mass is 209 g/mol. The Balaban J connectivity index is 2.93. The zero-order valence-electron chi connectivity index (χ0n) is 10.1. The summed E-state index contributed by atoms with van der Waals surface area (Å²) in [6, 6.07) is 1.99. The second kappa shape index (κ2) is 4.68. The van der Waals surface area contributed by atoms with Crippen LogP contribution in [-0.2, 0) is 0 Å². The topological polar surface area (TPSA) is 51.8 Å². The van der Waals surface area contributed by atoms with Gasteiger partial charge in [0.05, 0.1) is 20.6 Å². The fourth-order valence-electron chi connectivity index (χ4n) is 1.56. The fraction of sp³-hybridized carbons (Fsp3) is 0.636. The highest BCUT2D eigenvalue weighted by Gasteiger charge is 2.22. The van der Waals surface area contributed by atoms with Crippen LogP contribution in [0, 0.1) is 13.8 Å². The van der Waals surface area contributed by atoms with Crippen molar-refractivity contribution in [1.29, 1.82) is 0 Å². The lowest BCUT2D eigenvalue weighted by Crippen LogP contribution is -2.43. The van der Waals surface area contributed by atoms with Crippen LogP contribution in [0.1, 0.15) is 17.8 Å². The number of hydrogen-bond donors (Lipinski definition) is 1. The summed E-state index contributed by atoms with van der Waals surface area (Å²) in [4.78, 5) is 8.96. The highest BCUT2D eigenvalue weighted by Crippen LogP contribution is 2.14. The van der Waals surface area contributed by atoms with E-state index >= 15 is 0 Å².